The summed E-state index contributed by atoms with van der Waals surface area (Å²) in [5, 5.41) is 0.902. The third-order valence-corrected chi connectivity index (χ3v) is 5.33. The molecule has 0 spiro atoms. The second-order valence-electron chi connectivity index (χ2n) is 6.07. The van der Waals surface area contributed by atoms with Gasteiger partial charge >= 0.3 is 0 Å². The van der Waals surface area contributed by atoms with E-state index in [0.717, 1.165) is 22.6 Å². The van der Waals surface area contributed by atoms with Crippen molar-refractivity contribution in [3.05, 3.63) is 69.2 Å². The van der Waals surface area contributed by atoms with Crippen LogP contribution in [0, 0.1) is 0 Å². The molecule has 0 bridgehead atoms. The largest absolute Gasteiger partial charge is 0.322 e. The van der Waals surface area contributed by atoms with Gasteiger partial charge in [0.2, 0.25) is 0 Å². The molecule has 116 valence electrons. The Morgan fingerprint density at radius 2 is 1.41 bits per heavy atom. The van der Waals surface area contributed by atoms with Crippen LogP contribution in [-0.4, -0.2) is 26.2 Å². The van der Waals surface area contributed by atoms with Gasteiger partial charge in [-0.3, -0.25) is 0 Å². The highest BCUT2D eigenvalue weighted by molar-refractivity contribution is 9.10. The molecule has 0 aromatic heterocycles. The second kappa shape index (κ2) is 7.60. The summed E-state index contributed by atoms with van der Waals surface area (Å²) in [4.78, 5) is 3.33. The van der Waals surface area contributed by atoms with Crippen LogP contribution in [0.4, 0.5) is 0 Å². The quantitative estimate of drug-likeness (QED) is 0.796. The summed E-state index contributed by atoms with van der Waals surface area (Å²) >= 11 is 9.76. The van der Waals surface area contributed by atoms with Gasteiger partial charge in [0, 0.05) is 20.6 Å². The number of piperazine rings is 1. The van der Waals surface area contributed by atoms with Crippen LogP contribution >= 0.6 is 27.5 Å². The number of benzene rings is 2. The van der Waals surface area contributed by atoms with Crippen molar-refractivity contribution in [1.29, 1.82) is 0 Å². The lowest BCUT2D eigenvalue weighted by Crippen LogP contribution is -3.27. The predicted molar refractivity (Wildman–Crippen MR) is 94.4 cm³/mol. The maximum absolute atomic E-state index is 6.27. The predicted octanol–water partition coefficient (Wildman–Crippen LogP) is 1.59. The highest BCUT2D eigenvalue weighted by atomic mass is 79.9. The van der Waals surface area contributed by atoms with E-state index in [1.54, 1.807) is 9.80 Å². The van der Waals surface area contributed by atoms with Crippen molar-refractivity contribution in [1.82, 2.24) is 0 Å². The zero-order valence-corrected chi connectivity index (χ0v) is 15.0. The molecule has 2 N–H and O–H groups in total. The van der Waals surface area contributed by atoms with Crippen LogP contribution < -0.4 is 9.80 Å². The van der Waals surface area contributed by atoms with Crippen molar-refractivity contribution in [2.75, 3.05) is 26.2 Å². The first-order chi connectivity index (χ1) is 10.7. The molecule has 1 fully saturated rings. The van der Waals surface area contributed by atoms with E-state index in [9.17, 15) is 0 Å². The molecule has 1 aliphatic heterocycles. The highest BCUT2D eigenvalue weighted by Crippen LogP contribution is 2.13. The zero-order valence-electron chi connectivity index (χ0n) is 12.6. The Bertz CT molecular complexity index is 607. The minimum atomic E-state index is 0.902. The fourth-order valence-electron chi connectivity index (χ4n) is 3.11. The molecule has 2 aromatic rings. The van der Waals surface area contributed by atoms with Gasteiger partial charge < -0.3 is 9.80 Å². The molecule has 0 atom stereocenters. The summed E-state index contributed by atoms with van der Waals surface area (Å²) in [7, 11) is 0. The molecule has 0 amide bonds. The molecule has 3 rings (SSSR count). The van der Waals surface area contributed by atoms with Gasteiger partial charge in [0.15, 0.2) is 0 Å². The highest BCUT2D eigenvalue weighted by Gasteiger charge is 2.23. The lowest BCUT2D eigenvalue weighted by atomic mass is 10.1. The molecule has 0 aliphatic carbocycles. The lowest BCUT2D eigenvalue weighted by molar-refractivity contribution is -1.02. The van der Waals surface area contributed by atoms with Crippen molar-refractivity contribution in [3.8, 4) is 0 Å². The topological polar surface area (TPSA) is 8.88 Å². The van der Waals surface area contributed by atoms with E-state index in [1.807, 2.05) is 12.1 Å². The van der Waals surface area contributed by atoms with Crippen molar-refractivity contribution in [2.45, 2.75) is 13.1 Å². The molecular formula is C18H22BrClN2+2. The third-order valence-electron chi connectivity index (χ3n) is 4.43. The van der Waals surface area contributed by atoms with E-state index in [2.05, 4.69) is 52.3 Å². The number of hydrogen-bond acceptors (Lipinski definition) is 0. The molecule has 1 aliphatic rings. The smallest absolute Gasteiger partial charge is 0.127 e. The van der Waals surface area contributed by atoms with Crippen LogP contribution in [0.25, 0.3) is 0 Å². The first-order valence-electron chi connectivity index (χ1n) is 7.86. The van der Waals surface area contributed by atoms with Gasteiger partial charge in [0.1, 0.15) is 39.3 Å². The van der Waals surface area contributed by atoms with Gasteiger partial charge in [0.25, 0.3) is 0 Å². The average molecular weight is 382 g/mol. The van der Waals surface area contributed by atoms with E-state index in [1.165, 1.54) is 37.3 Å². The van der Waals surface area contributed by atoms with Gasteiger partial charge in [-0.15, -0.1) is 0 Å². The Morgan fingerprint density at radius 3 is 2.05 bits per heavy atom. The van der Waals surface area contributed by atoms with Crippen molar-refractivity contribution >= 4 is 27.5 Å². The summed E-state index contributed by atoms with van der Waals surface area (Å²) in [5.74, 6) is 0. The Kier molecular flexibility index (Phi) is 5.53. The number of quaternary nitrogens is 2. The first kappa shape index (κ1) is 16.0. The van der Waals surface area contributed by atoms with Crippen LogP contribution in [-0.2, 0) is 13.1 Å². The Hall–Kier alpha value is -0.870. The molecule has 2 aromatic carbocycles. The summed E-state index contributed by atoms with van der Waals surface area (Å²) in [6, 6.07) is 16.9. The minimum absolute atomic E-state index is 0.902. The monoisotopic (exact) mass is 380 g/mol. The van der Waals surface area contributed by atoms with Gasteiger partial charge in [-0.05, 0) is 18.2 Å². The van der Waals surface area contributed by atoms with Crippen LogP contribution in [0.3, 0.4) is 0 Å². The Morgan fingerprint density at radius 1 is 0.818 bits per heavy atom. The van der Waals surface area contributed by atoms with Gasteiger partial charge in [-0.25, -0.2) is 0 Å². The van der Waals surface area contributed by atoms with Crippen LogP contribution in [0.15, 0.2) is 53.0 Å². The van der Waals surface area contributed by atoms with Gasteiger partial charge in [-0.1, -0.05) is 57.9 Å². The van der Waals surface area contributed by atoms with Crippen LogP contribution in [0.5, 0.6) is 0 Å². The van der Waals surface area contributed by atoms with Crippen molar-refractivity contribution in [2.24, 2.45) is 0 Å². The fourth-order valence-corrected chi connectivity index (χ4v) is 3.58. The lowest BCUT2D eigenvalue weighted by Gasteiger charge is -2.30. The number of rotatable bonds is 4. The van der Waals surface area contributed by atoms with Crippen LogP contribution in [0.1, 0.15) is 11.1 Å². The SMILES string of the molecule is Clc1ccccc1C[NH+]1CC[NH+](Cc2ccc(Br)cc2)CC1. The molecule has 0 saturated carbocycles. The maximum Gasteiger partial charge on any atom is 0.127 e. The number of hydrogen-bond donors (Lipinski definition) is 2. The van der Waals surface area contributed by atoms with E-state index >= 15 is 0 Å². The molecule has 22 heavy (non-hydrogen) atoms. The van der Waals surface area contributed by atoms with E-state index < -0.39 is 0 Å². The summed E-state index contributed by atoms with van der Waals surface area (Å²) in [6.07, 6.45) is 0. The fraction of sp³-hybridized carbons (Fsp3) is 0.333. The summed E-state index contributed by atoms with van der Waals surface area (Å²) < 4.78 is 1.15. The molecule has 0 unspecified atom stereocenters. The van der Waals surface area contributed by atoms with E-state index in [-0.39, 0.29) is 0 Å². The molecule has 0 radical (unpaired) electrons. The standard InChI is InChI=1S/C18H20BrClN2/c19-17-7-5-15(6-8-17)13-21-9-11-22(12-10-21)14-16-3-1-2-4-18(16)20/h1-8H,9-14H2/p+2. The number of nitrogens with one attached hydrogen (secondary N) is 2. The van der Waals surface area contributed by atoms with Crippen molar-refractivity contribution < 1.29 is 9.80 Å². The van der Waals surface area contributed by atoms with E-state index in [4.69, 9.17) is 11.6 Å². The normalized spacial score (nSPS) is 21.7. The zero-order chi connectivity index (χ0) is 15.4. The molecule has 4 heteroatoms. The summed E-state index contributed by atoms with van der Waals surface area (Å²) in [5.41, 5.74) is 2.70. The molecule has 1 saturated heterocycles. The molecular weight excluding hydrogens is 360 g/mol. The summed E-state index contributed by atoms with van der Waals surface area (Å²) in [6.45, 7) is 7.08. The molecule has 1 heterocycles. The first-order valence-corrected chi connectivity index (χ1v) is 9.03. The second-order valence-corrected chi connectivity index (χ2v) is 7.39. The van der Waals surface area contributed by atoms with Gasteiger partial charge in [-0.2, -0.15) is 0 Å². The van der Waals surface area contributed by atoms with Crippen molar-refractivity contribution in [3.63, 3.8) is 0 Å². The Labute approximate surface area is 145 Å². The van der Waals surface area contributed by atoms with Crippen LogP contribution in [0.2, 0.25) is 5.02 Å². The average Bonchev–Trinajstić information content (AvgIpc) is 2.54. The maximum atomic E-state index is 6.27. The van der Waals surface area contributed by atoms with E-state index in [0.29, 0.717) is 0 Å². The molecule has 2 nitrogen and oxygen atoms in total. The third kappa shape index (κ3) is 4.32. The number of halogens is 2. The van der Waals surface area contributed by atoms with Gasteiger partial charge in [0.05, 0.1) is 0 Å². The minimum Gasteiger partial charge on any atom is -0.322 e. The Balaban J connectivity index is 1.50.